The maximum absolute atomic E-state index is 12.0. The topological polar surface area (TPSA) is 46.5 Å². The largest absolute Gasteiger partial charge is 0.507 e. The van der Waals surface area contributed by atoms with Crippen LogP contribution in [0.1, 0.15) is 66.0 Å². The third-order valence-electron chi connectivity index (χ3n) is 3.63. The molecule has 1 N–H and O–H groups in total. The molecule has 0 atom stereocenters. The van der Waals surface area contributed by atoms with Gasteiger partial charge in [-0.15, -0.1) is 0 Å². The van der Waals surface area contributed by atoms with Crippen LogP contribution < -0.4 is 4.74 Å². The summed E-state index contributed by atoms with van der Waals surface area (Å²) in [5.41, 5.74) is 1.46. The zero-order valence-electron chi connectivity index (χ0n) is 14.8. The average Bonchev–Trinajstić information content (AvgIpc) is 2.36. The minimum absolute atomic E-state index is 0.256. The van der Waals surface area contributed by atoms with Crippen molar-refractivity contribution in [3.8, 4) is 11.5 Å². The van der Waals surface area contributed by atoms with Crippen molar-refractivity contribution in [2.24, 2.45) is 0 Å². The Bertz CT molecular complexity index is 549. The molecule has 0 heterocycles. The molecule has 0 amide bonds. The van der Waals surface area contributed by atoms with E-state index in [-0.39, 0.29) is 16.6 Å². The molecule has 1 aromatic rings. The van der Waals surface area contributed by atoms with Crippen LogP contribution in [-0.2, 0) is 15.6 Å². The van der Waals surface area contributed by atoms with Crippen LogP contribution in [0.15, 0.2) is 24.3 Å². The SMILES string of the molecule is C=C(CC)C(=O)Oc1cc(C(C)(C)C)c(O)c(C(C)(C)C)c1. The summed E-state index contributed by atoms with van der Waals surface area (Å²) in [5.74, 6) is 0.300. The van der Waals surface area contributed by atoms with Crippen molar-refractivity contribution in [1.29, 1.82) is 0 Å². The smallest absolute Gasteiger partial charge is 0.338 e. The second-order valence-corrected chi connectivity index (χ2v) is 7.71. The van der Waals surface area contributed by atoms with Crippen LogP contribution in [0, 0.1) is 0 Å². The third-order valence-corrected chi connectivity index (χ3v) is 3.63. The van der Waals surface area contributed by atoms with Gasteiger partial charge in [0, 0.05) is 16.7 Å². The maximum Gasteiger partial charge on any atom is 0.338 e. The van der Waals surface area contributed by atoms with E-state index in [4.69, 9.17) is 4.74 Å². The number of hydrogen-bond acceptors (Lipinski definition) is 3. The molecule has 0 unspecified atom stereocenters. The standard InChI is InChI=1S/C19H28O3/c1-9-12(2)17(21)22-13-10-14(18(3,4)5)16(20)15(11-13)19(6,7)8/h10-11,20H,2,9H2,1,3-8H3. The van der Waals surface area contributed by atoms with Gasteiger partial charge in [-0.25, -0.2) is 4.79 Å². The highest BCUT2D eigenvalue weighted by atomic mass is 16.5. The number of aromatic hydroxyl groups is 1. The molecule has 122 valence electrons. The Balaban J connectivity index is 3.42. The summed E-state index contributed by atoms with van der Waals surface area (Å²) < 4.78 is 5.44. The highest BCUT2D eigenvalue weighted by Crippen LogP contribution is 2.41. The van der Waals surface area contributed by atoms with E-state index in [1.807, 2.05) is 48.5 Å². The summed E-state index contributed by atoms with van der Waals surface area (Å²) >= 11 is 0. The summed E-state index contributed by atoms with van der Waals surface area (Å²) in [7, 11) is 0. The van der Waals surface area contributed by atoms with E-state index in [1.165, 1.54) is 0 Å². The van der Waals surface area contributed by atoms with Crippen LogP contribution in [-0.4, -0.2) is 11.1 Å². The number of carbonyl (C=O) groups is 1. The highest BCUT2D eigenvalue weighted by molar-refractivity contribution is 5.89. The van der Waals surface area contributed by atoms with Gasteiger partial charge in [0.05, 0.1) is 0 Å². The minimum atomic E-state index is -0.423. The van der Waals surface area contributed by atoms with Crippen molar-refractivity contribution in [3.05, 3.63) is 35.4 Å². The molecule has 0 aliphatic carbocycles. The number of rotatable bonds is 3. The van der Waals surface area contributed by atoms with Crippen molar-refractivity contribution in [2.45, 2.75) is 65.7 Å². The first-order valence-electron chi connectivity index (χ1n) is 7.65. The first-order chi connectivity index (χ1) is 9.87. The van der Waals surface area contributed by atoms with Gasteiger partial charge in [0.2, 0.25) is 0 Å². The second-order valence-electron chi connectivity index (χ2n) is 7.71. The van der Waals surface area contributed by atoms with E-state index < -0.39 is 5.97 Å². The lowest BCUT2D eigenvalue weighted by molar-refractivity contribution is -0.130. The Hall–Kier alpha value is -1.77. The normalized spacial score (nSPS) is 12.1. The number of hydrogen-bond donors (Lipinski definition) is 1. The van der Waals surface area contributed by atoms with Crippen molar-refractivity contribution >= 4 is 5.97 Å². The van der Waals surface area contributed by atoms with Gasteiger partial charge in [0.25, 0.3) is 0 Å². The molecule has 0 saturated carbocycles. The van der Waals surface area contributed by atoms with Gasteiger partial charge >= 0.3 is 5.97 Å². The van der Waals surface area contributed by atoms with E-state index in [0.717, 1.165) is 11.1 Å². The van der Waals surface area contributed by atoms with E-state index >= 15 is 0 Å². The summed E-state index contributed by atoms with van der Waals surface area (Å²) in [4.78, 5) is 12.0. The molecule has 3 nitrogen and oxygen atoms in total. The lowest BCUT2D eigenvalue weighted by Gasteiger charge is -2.28. The van der Waals surface area contributed by atoms with Gasteiger partial charge in [-0.1, -0.05) is 55.0 Å². The van der Waals surface area contributed by atoms with E-state index in [9.17, 15) is 9.90 Å². The lowest BCUT2D eigenvalue weighted by Crippen LogP contribution is -2.18. The van der Waals surface area contributed by atoms with Gasteiger partial charge in [-0.05, 0) is 29.4 Å². The number of phenols is 1. The first-order valence-corrected chi connectivity index (χ1v) is 7.65. The average molecular weight is 304 g/mol. The molecule has 0 aromatic heterocycles. The van der Waals surface area contributed by atoms with Crippen molar-refractivity contribution < 1.29 is 14.6 Å². The molecular formula is C19H28O3. The molecular weight excluding hydrogens is 276 g/mol. The molecule has 0 aliphatic rings. The lowest BCUT2D eigenvalue weighted by atomic mass is 9.79. The maximum atomic E-state index is 12.0. The minimum Gasteiger partial charge on any atom is -0.507 e. The molecule has 0 fully saturated rings. The van der Waals surface area contributed by atoms with Crippen molar-refractivity contribution in [1.82, 2.24) is 0 Å². The summed E-state index contributed by atoms with van der Waals surface area (Å²) in [6.45, 7) is 17.7. The zero-order valence-corrected chi connectivity index (χ0v) is 14.8. The predicted molar refractivity (Wildman–Crippen MR) is 90.6 cm³/mol. The number of ether oxygens (including phenoxy) is 1. The summed E-state index contributed by atoms with van der Waals surface area (Å²) in [5, 5.41) is 10.6. The number of benzene rings is 1. The van der Waals surface area contributed by atoms with Crippen LogP contribution in [0.4, 0.5) is 0 Å². The van der Waals surface area contributed by atoms with E-state index in [0.29, 0.717) is 17.7 Å². The van der Waals surface area contributed by atoms with Crippen LogP contribution in [0.2, 0.25) is 0 Å². The van der Waals surface area contributed by atoms with E-state index in [2.05, 4.69) is 6.58 Å². The Labute approximate surface area is 134 Å². The molecule has 1 rings (SSSR count). The van der Waals surface area contributed by atoms with Gasteiger partial charge < -0.3 is 9.84 Å². The molecule has 0 bridgehead atoms. The fourth-order valence-electron chi connectivity index (χ4n) is 2.13. The zero-order chi connectivity index (χ0) is 17.3. The van der Waals surface area contributed by atoms with Gasteiger partial charge in [0.15, 0.2) is 0 Å². The monoisotopic (exact) mass is 304 g/mol. The van der Waals surface area contributed by atoms with Crippen molar-refractivity contribution in [2.75, 3.05) is 0 Å². The third kappa shape index (κ3) is 4.12. The van der Waals surface area contributed by atoms with Gasteiger partial charge in [-0.3, -0.25) is 0 Å². The van der Waals surface area contributed by atoms with Crippen LogP contribution in [0.3, 0.4) is 0 Å². The molecule has 0 saturated heterocycles. The molecule has 0 radical (unpaired) electrons. The first kappa shape index (κ1) is 18.3. The Kier molecular flexibility index (Phi) is 5.11. The highest BCUT2D eigenvalue weighted by Gasteiger charge is 2.27. The number of esters is 1. The second kappa shape index (κ2) is 6.15. The molecule has 0 aliphatic heterocycles. The molecule has 1 aromatic carbocycles. The van der Waals surface area contributed by atoms with Gasteiger partial charge in [0.1, 0.15) is 11.5 Å². The fourth-order valence-corrected chi connectivity index (χ4v) is 2.13. The van der Waals surface area contributed by atoms with Crippen LogP contribution >= 0.6 is 0 Å². The van der Waals surface area contributed by atoms with E-state index in [1.54, 1.807) is 12.1 Å². The van der Waals surface area contributed by atoms with Crippen LogP contribution in [0.25, 0.3) is 0 Å². The summed E-state index contributed by atoms with van der Waals surface area (Å²) in [6.07, 6.45) is 0.551. The Morgan fingerprint density at radius 1 is 1.09 bits per heavy atom. The molecule has 3 heteroatoms. The summed E-state index contributed by atoms with van der Waals surface area (Å²) in [6, 6.07) is 3.48. The van der Waals surface area contributed by atoms with Gasteiger partial charge in [-0.2, -0.15) is 0 Å². The fraction of sp³-hybridized carbons (Fsp3) is 0.526. The molecule has 22 heavy (non-hydrogen) atoms. The van der Waals surface area contributed by atoms with Crippen LogP contribution in [0.5, 0.6) is 11.5 Å². The molecule has 0 spiro atoms. The number of phenolic OH excluding ortho intramolecular Hbond substituents is 1. The number of carbonyl (C=O) groups excluding carboxylic acids is 1. The quantitative estimate of drug-likeness (QED) is 0.493. The van der Waals surface area contributed by atoms with Crippen molar-refractivity contribution in [3.63, 3.8) is 0 Å². The Morgan fingerprint density at radius 2 is 1.50 bits per heavy atom. The predicted octanol–water partition coefficient (Wildman–Crippen LogP) is 4.86. The Morgan fingerprint density at radius 3 is 1.82 bits per heavy atom.